The predicted octanol–water partition coefficient (Wildman–Crippen LogP) is 2.00. The first kappa shape index (κ1) is 18.5. The summed E-state index contributed by atoms with van der Waals surface area (Å²) in [6, 6.07) is 6.98. The van der Waals surface area contributed by atoms with Crippen molar-refractivity contribution in [2.75, 3.05) is 13.7 Å². The van der Waals surface area contributed by atoms with Gasteiger partial charge < -0.3 is 20.9 Å². The lowest BCUT2D eigenvalue weighted by Crippen LogP contribution is -2.54. The zero-order valence-electron chi connectivity index (χ0n) is 14.1. The SMILES string of the molecule is CCC(C)(C(=O)NC(C)(C)CO)C(N)c1ccc(OC)cc1. The minimum atomic E-state index is -0.763. The molecule has 5 nitrogen and oxygen atoms in total. The van der Waals surface area contributed by atoms with Crippen molar-refractivity contribution in [1.82, 2.24) is 5.32 Å². The van der Waals surface area contributed by atoms with Gasteiger partial charge in [-0.2, -0.15) is 0 Å². The van der Waals surface area contributed by atoms with E-state index in [1.807, 2.05) is 38.1 Å². The molecule has 0 aliphatic carbocycles. The van der Waals surface area contributed by atoms with Gasteiger partial charge in [-0.05, 0) is 44.9 Å². The van der Waals surface area contributed by atoms with E-state index in [1.54, 1.807) is 21.0 Å². The Kier molecular flexibility index (Phi) is 5.97. The van der Waals surface area contributed by atoms with E-state index in [4.69, 9.17) is 10.5 Å². The van der Waals surface area contributed by atoms with Crippen molar-refractivity contribution >= 4 is 5.91 Å². The molecule has 0 radical (unpaired) electrons. The first-order valence-corrected chi connectivity index (χ1v) is 7.53. The minimum Gasteiger partial charge on any atom is -0.497 e. The Morgan fingerprint density at radius 2 is 1.86 bits per heavy atom. The van der Waals surface area contributed by atoms with Crippen LogP contribution in [0, 0.1) is 5.41 Å². The standard InChI is InChI=1S/C17H28N2O3/c1-6-17(4,15(21)19-16(2,3)11-20)14(18)12-7-9-13(22-5)10-8-12/h7-10,14,20H,6,11,18H2,1-5H3,(H,19,21). The van der Waals surface area contributed by atoms with Crippen molar-refractivity contribution in [1.29, 1.82) is 0 Å². The van der Waals surface area contributed by atoms with Crippen molar-refractivity contribution in [3.63, 3.8) is 0 Å². The average molecular weight is 308 g/mol. The number of ether oxygens (including phenoxy) is 1. The van der Waals surface area contributed by atoms with Gasteiger partial charge in [-0.1, -0.05) is 19.1 Å². The highest BCUT2D eigenvalue weighted by atomic mass is 16.5. The fraction of sp³-hybridized carbons (Fsp3) is 0.588. The van der Waals surface area contributed by atoms with Crippen LogP contribution in [0.2, 0.25) is 0 Å². The third kappa shape index (κ3) is 3.99. The van der Waals surface area contributed by atoms with Crippen LogP contribution in [-0.2, 0) is 4.79 Å². The van der Waals surface area contributed by atoms with Crippen LogP contribution >= 0.6 is 0 Å². The molecule has 0 saturated carbocycles. The summed E-state index contributed by atoms with van der Waals surface area (Å²) in [5, 5.41) is 12.2. The molecule has 1 aromatic rings. The number of benzene rings is 1. The summed E-state index contributed by atoms with van der Waals surface area (Å²) in [5.41, 5.74) is 5.81. The van der Waals surface area contributed by atoms with Gasteiger partial charge in [0.2, 0.25) is 5.91 Å². The second-order valence-electron chi connectivity index (χ2n) is 6.52. The normalized spacial score (nSPS) is 15.8. The summed E-state index contributed by atoms with van der Waals surface area (Å²) >= 11 is 0. The molecule has 0 spiro atoms. The van der Waals surface area contributed by atoms with Gasteiger partial charge in [0, 0.05) is 6.04 Å². The molecule has 0 fully saturated rings. The van der Waals surface area contributed by atoms with Crippen LogP contribution in [0.1, 0.15) is 45.7 Å². The lowest BCUT2D eigenvalue weighted by Gasteiger charge is -2.37. The third-order valence-corrected chi connectivity index (χ3v) is 4.26. The number of hydrogen-bond donors (Lipinski definition) is 3. The van der Waals surface area contributed by atoms with Gasteiger partial charge in [-0.25, -0.2) is 0 Å². The van der Waals surface area contributed by atoms with Crippen molar-refractivity contribution in [2.45, 2.75) is 45.7 Å². The van der Waals surface area contributed by atoms with Gasteiger partial charge in [0.05, 0.1) is 24.7 Å². The lowest BCUT2D eigenvalue weighted by molar-refractivity contribution is -0.134. The van der Waals surface area contributed by atoms with Crippen LogP contribution in [-0.4, -0.2) is 30.3 Å². The zero-order valence-corrected chi connectivity index (χ0v) is 14.1. The Morgan fingerprint density at radius 1 is 1.32 bits per heavy atom. The van der Waals surface area contributed by atoms with Crippen LogP contribution in [0.4, 0.5) is 0 Å². The molecule has 0 saturated heterocycles. The molecule has 1 rings (SSSR count). The van der Waals surface area contributed by atoms with Gasteiger partial charge in [0.25, 0.3) is 0 Å². The predicted molar refractivity (Wildman–Crippen MR) is 87.6 cm³/mol. The first-order chi connectivity index (χ1) is 10.2. The fourth-order valence-corrected chi connectivity index (χ4v) is 2.19. The maximum Gasteiger partial charge on any atom is 0.228 e. The summed E-state index contributed by atoms with van der Waals surface area (Å²) in [6.07, 6.45) is 0.591. The maximum absolute atomic E-state index is 12.7. The number of hydrogen-bond acceptors (Lipinski definition) is 4. The number of aliphatic hydroxyl groups excluding tert-OH is 1. The molecule has 4 N–H and O–H groups in total. The van der Waals surface area contributed by atoms with E-state index in [2.05, 4.69) is 5.32 Å². The van der Waals surface area contributed by atoms with Crippen LogP contribution in [0.15, 0.2) is 24.3 Å². The number of nitrogens with one attached hydrogen (secondary N) is 1. The van der Waals surface area contributed by atoms with E-state index in [1.165, 1.54) is 0 Å². The molecule has 0 aliphatic heterocycles. The number of rotatable bonds is 7. The number of amides is 1. The number of aliphatic hydroxyl groups is 1. The highest BCUT2D eigenvalue weighted by Crippen LogP contribution is 2.36. The van der Waals surface area contributed by atoms with Gasteiger partial charge in [0.15, 0.2) is 0 Å². The Morgan fingerprint density at radius 3 is 2.27 bits per heavy atom. The van der Waals surface area contributed by atoms with E-state index in [0.717, 1.165) is 11.3 Å². The molecule has 124 valence electrons. The van der Waals surface area contributed by atoms with Gasteiger partial charge in [0.1, 0.15) is 5.75 Å². The highest BCUT2D eigenvalue weighted by molar-refractivity contribution is 5.84. The average Bonchev–Trinajstić information content (AvgIpc) is 2.52. The van der Waals surface area contributed by atoms with E-state index >= 15 is 0 Å². The largest absolute Gasteiger partial charge is 0.497 e. The molecule has 22 heavy (non-hydrogen) atoms. The quantitative estimate of drug-likeness (QED) is 0.719. The maximum atomic E-state index is 12.7. The van der Waals surface area contributed by atoms with E-state index in [9.17, 15) is 9.90 Å². The summed E-state index contributed by atoms with van der Waals surface area (Å²) < 4.78 is 5.14. The van der Waals surface area contributed by atoms with Crippen molar-refractivity contribution in [2.24, 2.45) is 11.1 Å². The molecule has 0 heterocycles. The minimum absolute atomic E-state index is 0.129. The molecule has 1 amide bonds. The Bertz CT molecular complexity index is 499. The molecule has 0 aromatic heterocycles. The molecular formula is C17H28N2O3. The molecule has 2 unspecified atom stereocenters. The highest BCUT2D eigenvalue weighted by Gasteiger charge is 2.40. The summed E-state index contributed by atoms with van der Waals surface area (Å²) in [7, 11) is 1.61. The second kappa shape index (κ2) is 7.11. The van der Waals surface area contributed by atoms with Crippen LogP contribution in [0.5, 0.6) is 5.75 Å². The van der Waals surface area contributed by atoms with Gasteiger partial charge >= 0.3 is 0 Å². The Balaban J connectivity index is 3.02. The number of carbonyl (C=O) groups is 1. The number of methoxy groups -OCH3 is 1. The molecule has 5 heteroatoms. The summed E-state index contributed by atoms with van der Waals surface area (Å²) in [5.74, 6) is 0.595. The van der Waals surface area contributed by atoms with Gasteiger partial charge in [-0.3, -0.25) is 4.79 Å². The lowest BCUT2D eigenvalue weighted by atomic mass is 9.75. The second-order valence-corrected chi connectivity index (χ2v) is 6.52. The van der Waals surface area contributed by atoms with Crippen molar-refractivity contribution in [3.05, 3.63) is 29.8 Å². The summed E-state index contributed by atoms with van der Waals surface area (Å²) in [6.45, 7) is 7.22. The number of nitrogens with two attached hydrogens (primary N) is 1. The van der Waals surface area contributed by atoms with Crippen LogP contribution in [0.3, 0.4) is 0 Å². The van der Waals surface area contributed by atoms with E-state index in [-0.39, 0.29) is 12.5 Å². The monoisotopic (exact) mass is 308 g/mol. The van der Waals surface area contributed by atoms with Crippen LogP contribution < -0.4 is 15.8 Å². The molecule has 1 aromatic carbocycles. The zero-order chi connectivity index (χ0) is 17.0. The van der Waals surface area contributed by atoms with E-state index in [0.29, 0.717) is 6.42 Å². The van der Waals surface area contributed by atoms with Gasteiger partial charge in [-0.15, -0.1) is 0 Å². The Labute approximate surface area is 132 Å². The molecular weight excluding hydrogens is 280 g/mol. The smallest absolute Gasteiger partial charge is 0.228 e. The van der Waals surface area contributed by atoms with Crippen LogP contribution in [0.25, 0.3) is 0 Å². The Hall–Kier alpha value is -1.59. The molecule has 2 atom stereocenters. The van der Waals surface area contributed by atoms with Crippen molar-refractivity contribution in [3.8, 4) is 5.75 Å². The third-order valence-electron chi connectivity index (χ3n) is 4.26. The topological polar surface area (TPSA) is 84.6 Å². The first-order valence-electron chi connectivity index (χ1n) is 7.53. The summed E-state index contributed by atoms with van der Waals surface area (Å²) in [4.78, 5) is 12.7. The number of carbonyl (C=O) groups excluding carboxylic acids is 1. The fourth-order valence-electron chi connectivity index (χ4n) is 2.19. The molecule has 0 bridgehead atoms. The van der Waals surface area contributed by atoms with Crippen molar-refractivity contribution < 1.29 is 14.6 Å². The molecule has 0 aliphatic rings. The van der Waals surface area contributed by atoms with E-state index < -0.39 is 17.0 Å².